The zero-order valence-corrected chi connectivity index (χ0v) is 14.7. The Bertz CT molecular complexity index is 1210. The number of hydrogen-bond acceptors (Lipinski definition) is 5. The van der Waals surface area contributed by atoms with E-state index in [4.69, 9.17) is 21.1 Å². The van der Waals surface area contributed by atoms with Gasteiger partial charge in [0, 0.05) is 17.0 Å². The van der Waals surface area contributed by atoms with Crippen molar-refractivity contribution < 1.29 is 19.1 Å². The van der Waals surface area contributed by atoms with E-state index in [9.17, 15) is 9.59 Å². The summed E-state index contributed by atoms with van der Waals surface area (Å²) in [7, 11) is 2.48. The molecule has 0 bridgehead atoms. The first-order valence-electron chi connectivity index (χ1n) is 7.76. The van der Waals surface area contributed by atoms with E-state index >= 15 is 0 Å². The maximum absolute atomic E-state index is 12.5. The number of rotatable bonds is 2. The van der Waals surface area contributed by atoms with Gasteiger partial charge in [-0.3, -0.25) is 9.38 Å². The quantitative estimate of drug-likeness (QED) is 0.397. The predicted octanol–water partition coefficient (Wildman–Crippen LogP) is 3.87. The molecule has 7 heteroatoms. The SMILES string of the molecule is COC(=O)c1c(C(=O)OC)c2c3ncccc3c3ccccc3n2c1Cl. The first-order valence-corrected chi connectivity index (χ1v) is 8.14. The lowest BCUT2D eigenvalue weighted by Gasteiger charge is -2.09. The van der Waals surface area contributed by atoms with Crippen molar-refractivity contribution in [2.24, 2.45) is 0 Å². The summed E-state index contributed by atoms with van der Waals surface area (Å²) in [6.45, 7) is 0. The molecule has 0 saturated carbocycles. The average Bonchev–Trinajstić information content (AvgIpc) is 3.00. The molecule has 0 unspecified atom stereocenters. The predicted molar refractivity (Wildman–Crippen MR) is 97.9 cm³/mol. The van der Waals surface area contributed by atoms with Gasteiger partial charge in [0.15, 0.2) is 0 Å². The van der Waals surface area contributed by atoms with E-state index < -0.39 is 11.9 Å². The van der Waals surface area contributed by atoms with Gasteiger partial charge in [0.1, 0.15) is 16.3 Å². The Morgan fingerprint density at radius 2 is 1.62 bits per heavy atom. The summed E-state index contributed by atoms with van der Waals surface area (Å²) in [6.07, 6.45) is 1.62. The van der Waals surface area contributed by atoms with Crippen molar-refractivity contribution >= 4 is 50.9 Å². The Morgan fingerprint density at radius 1 is 0.962 bits per heavy atom. The van der Waals surface area contributed by atoms with Crippen molar-refractivity contribution in [2.75, 3.05) is 14.2 Å². The number of halogens is 1. The molecule has 6 nitrogen and oxygen atoms in total. The van der Waals surface area contributed by atoms with Crippen LogP contribution in [0.3, 0.4) is 0 Å². The number of aromatic nitrogens is 2. The van der Waals surface area contributed by atoms with E-state index in [1.54, 1.807) is 10.6 Å². The third kappa shape index (κ3) is 2.09. The molecule has 0 aliphatic heterocycles. The molecular weight excluding hydrogens is 356 g/mol. The van der Waals surface area contributed by atoms with Crippen LogP contribution in [0.25, 0.3) is 27.3 Å². The van der Waals surface area contributed by atoms with Gasteiger partial charge >= 0.3 is 11.9 Å². The topological polar surface area (TPSA) is 69.9 Å². The van der Waals surface area contributed by atoms with Gasteiger partial charge in [-0.2, -0.15) is 0 Å². The molecule has 0 aliphatic rings. The monoisotopic (exact) mass is 368 g/mol. The Balaban J connectivity index is 2.38. The number of para-hydroxylation sites is 1. The molecule has 4 rings (SSSR count). The number of hydrogen-bond donors (Lipinski definition) is 0. The number of fused-ring (bicyclic) bond motifs is 6. The first kappa shape index (κ1) is 16.4. The lowest BCUT2D eigenvalue weighted by atomic mass is 10.1. The van der Waals surface area contributed by atoms with E-state index in [1.807, 2.05) is 36.4 Å². The maximum Gasteiger partial charge on any atom is 0.341 e. The summed E-state index contributed by atoms with van der Waals surface area (Å²) in [5, 5.41) is 1.81. The highest BCUT2D eigenvalue weighted by atomic mass is 35.5. The van der Waals surface area contributed by atoms with E-state index in [0.29, 0.717) is 11.0 Å². The van der Waals surface area contributed by atoms with Crippen LogP contribution in [-0.2, 0) is 9.47 Å². The number of carbonyl (C=O) groups excluding carboxylic acids is 2. The zero-order valence-electron chi connectivity index (χ0n) is 13.9. The molecule has 0 aliphatic carbocycles. The summed E-state index contributed by atoms with van der Waals surface area (Å²) >= 11 is 6.54. The second-order valence-electron chi connectivity index (χ2n) is 5.62. The third-order valence-corrected chi connectivity index (χ3v) is 4.72. The molecule has 1 aromatic carbocycles. The normalized spacial score (nSPS) is 11.2. The number of ether oxygens (including phenoxy) is 2. The Morgan fingerprint density at radius 3 is 2.35 bits per heavy atom. The van der Waals surface area contributed by atoms with Gasteiger partial charge in [-0.25, -0.2) is 9.59 Å². The molecule has 0 amide bonds. The van der Waals surface area contributed by atoms with Gasteiger partial charge in [-0.05, 0) is 12.1 Å². The van der Waals surface area contributed by atoms with Crippen molar-refractivity contribution in [3.63, 3.8) is 0 Å². The summed E-state index contributed by atoms with van der Waals surface area (Å²) in [5.74, 6) is -1.40. The van der Waals surface area contributed by atoms with Gasteiger partial charge in [0.05, 0.1) is 30.8 Å². The van der Waals surface area contributed by atoms with E-state index in [-0.39, 0.29) is 16.3 Å². The molecule has 0 fully saturated rings. The second kappa shape index (κ2) is 6.00. The molecule has 0 N–H and O–H groups in total. The number of carbonyl (C=O) groups is 2. The van der Waals surface area contributed by atoms with Crippen molar-refractivity contribution in [2.45, 2.75) is 0 Å². The van der Waals surface area contributed by atoms with Gasteiger partial charge < -0.3 is 9.47 Å². The fourth-order valence-electron chi connectivity index (χ4n) is 3.29. The molecule has 0 atom stereocenters. The van der Waals surface area contributed by atoms with Crippen molar-refractivity contribution in [1.82, 2.24) is 9.38 Å². The van der Waals surface area contributed by atoms with Crippen LogP contribution in [0.15, 0.2) is 42.6 Å². The standard InChI is InChI=1S/C19H13ClN2O4/c1-25-18(23)13-14(19(24)26-2)17(20)22-12-8-4-3-6-10(12)11-7-5-9-21-15(11)16(13)22/h3-9H,1-2H3. The van der Waals surface area contributed by atoms with Gasteiger partial charge in [-0.1, -0.05) is 35.9 Å². The summed E-state index contributed by atoms with van der Waals surface area (Å²) < 4.78 is 11.4. The van der Waals surface area contributed by atoms with Crippen molar-refractivity contribution in [3.05, 3.63) is 58.9 Å². The van der Waals surface area contributed by atoms with Crippen molar-refractivity contribution in [1.29, 1.82) is 0 Å². The molecule has 3 aromatic heterocycles. The third-order valence-electron chi connectivity index (χ3n) is 4.36. The van der Waals surface area contributed by atoms with Gasteiger partial charge in [0.2, 0.25) is 0 Å². The highest BCUT2D eigenvalue weighted by molar-refractivity contribution is 6.36. The minimum Gasteiger partial charge on any atom is -0.465 e. The molecule has 0 spiro atoms. The lowest BCUT2D eigenvalue weighted by Crippen LogP contribution is -2.10. The maximum atomic E-state index is 12.5. The van der Waals surface area contributed by atoms with E-state index in [2.05, 4.69) is 4.98 Å². The average molecular weight is 369 g/mol. The molecule has 0 radical (unpaired) electrons. The Kier molecular flexibility index (Phi) is 3.77. The van der Waals surface area contributed by atoms with Crippen LogP contribution >= 0.6 is 11.6 Å². The van der Waals surface area contributed by atoms with Crippen LogP contribution in [-0.4, -0.2) is 35.5 Å². The van der Waals surface area contributed by atoms with Crippen LogP contribution < -0.4 is 0 Å². The fraction of sp³-hybridized carbons (Fsp3) is 0.105. The Hall–Kier alpha value is -3.12. The summed E-state index contributed by atoms with van der Waals surface area (Å²) in [5.41, 5.74) is 1.71. The number of nitrogens with zero attached hydrogens (tertiary/aromatic N) is 2. The molecule has 26 heavy (non-hydrogen) atoms. The van der Waals surface area contributed by atoms with E-state index in [1.165, 1.54) is 14.2 Å². The van der Waals surface area contributed by atoms with Crippen LogP contribution in [0, 0.1) is 0 Å². The second-order valence-corrected chi connectivity index (χ2v) is 5.98. The number of esters is 2. The first-order chi connectivity index (χ1) is 12.6. The minimum absolute atomic E-state index is 0.0377. The van der Waals surface area contributed by atoms with Crippen LogP contribution in [0.1, 0.15) is 20.7 Å². The largest absolute Gasteiger partial charge is 0.465 e. The molecule has 3 heterocycles. The molecule has 0 saturated heterocycles. The zero-order chi connectivity index (χ0) is 18.4. The van der Waals surface area contributed by atoms with E-state index in [0.717, 1.165) is 16.3 Å². The van der Waals surface area contributed by atoms with Crippen LogP contribution in [0.4, 0.5) is 0 Å². The highest BCUT2D eigenvalue weighted by Gasteiger charge is 2.31. The Labute approximate surface area is 152 Å². The van der Waals surface area contributed by atoms with Crippen LogP contribution in [0.5, 0.6) is 0 Å². The number of pyridine rings is 2. The van der Waals surface area contributed by atoms with Crippen LogP contribution in [0.2, 0.25) is 5.15 Å². The lowest BCUT2D eigenvalue weighted by molar-refractivity contribution is 0.0558. The van der Waals surface area contributed by atoms with Gasteiger partial charge in [0.25, 0.3) is 0 Å². The number of benzene rings is 1. The molecule has 130 valence electrons. The summed E-state index contributed by atoms with van der Waals surface area (Å²) in [6, 6.07) is 11.3. The molecule has 4 aromatic rings. The molecular formula is C19H13ClN2O4. The number of methoxy groups -OCH3 is 2. The van der Waals surface area contributed by atoms with Crippen molar-refractivity contribution in [3.8, 4) is 0 Å². The minimum atomic E-state index is -0.715. The summed E-state index contributed by atoms with van der Waals surface area (Å²) in [4.78, 5) is 29.3. The van der Waals surface area contributed by atoms with Gasteiger partial charge in [-0.15, -0.1) is 0 Å². The smallest absolute Gasteiger partial charge is 0.341 e. The highest BCUT2D eigenvalue weighted by Crippen LogP contribution is 2.37. The fourth-order valence-corrected chi connectivity index (χ4v) is 3.64.